The van der Waals surface area contributed by atoms with E-state index in [1.54, 1.807) is 48.5 Å². The van der Waals surface area contributed by atoms with E-state index in [1.807, 2.05) is 6.07 Å². The molecule has 0 fully saturated rings. The highest BCUT2D eigenvalue weighted by atomic mass is 35.5. The van der Waals surface area contributed by atoms with E-state index in [1.165, 1.54) is 0 Å². The lowest BCUT2D eigenvalue weighted by molar-refractivity contribution is 0.0978. The molecule has 96 valence electrons. The van der Waals surface area contributed by atoms with Crippen LogP contribution in [0, 0.1) is 0 Å². The zero-order valence-corrected chi connectivity index (χ0v) is 11.4. The van der Waals surface area contributed by atoms with Gasteiger partial charge in [0.25, 0.3) is 5.91 Å². The third-order valence-electron chi connectivity index (χ3n) is 2.33. The second-order valence-corrected chi connectivity index (χ2v) is 4.91. The Labute approximate surface area is 120 Å². The summed E-state index contributed by atoms with van der Waals surface area (Å²) in [6.07, 6.45) is 0. The Morgan fingerprint density at radius 2 is 1.63 bits per heavy atom. The molecule has 0 heterocycles. The Morgan fingerprint density at radius 3 is 2.32 bits per heavy atom. The van der Waals surface area contributed by atoms with Gasteiger partial charge in [0.05, 0.1) is 0 Å². The van der Waals surface area contributed by atoms with E-state index >= 15 is 0 Å². The van der Waals surface area contributed by atoms with Gasteiger partial charge in [-0.15, -0.1) is 0 Å². The fraction of sp³-hybridized carbons (Fsp3) is 0. The van der Waals surface area contributed by atoms with Crippen LogP contribution >= 0.6 is 23.5 Å². The Bertz CT molecular complexity index is 601. The topological polar surface area (TPSA) is 46.2 Å². The van der Waals surface area contributed by atoms with Crippen LogP contribution in [0.4, 0.5) is 0 Å². The number of carbonyl (C=O) groups excluding carboxylic acids is 2. The van der Waals surface area contributed by atoms with E-state index in [0.29, 0.717) is 16.1 Å². The van der Waals surface area contributed by atoms with Crippen molar-refractivity contribution in [3.05, 3.63) is 70.7 Å². The number of hydrogen-bond donors (Lipinski definition) is 1. The summed E-state index contributed by atoms with van der Waals surface area (Å²) in [6.45, 7) is 0. The molecule has 0 spiro atoms. The van der Waals surface area contributed by atoms with Gasteiger partial charge in [0.15, 0.2) is 0 Å². The van der Waals surface area contributed by atoms with E-state index < -0.39 is 0 Å². The van der Waals surface area contributed by atoms with Crippen molar-refractivity contribution in [3.8, 4) is 0 Å². The van der Waals surface area contributed by atoms with E-state index in [-0.39, 0.29) is 11.0 Å². The zero-order valence-electron chi connectivity index (χ0n) is 9.80. The molecule has 2 aromatic carbocycles. The molecule has 5 heteroatoms. The third kappa shape index (κ3) is 3.84. The second kappa shape index (κ2) is 6.41. The zero-order chi connectivity index (χ0) is 13.7. The number of amides is 1. The normalized spacial score (nSPS) is 9.95. The van der Waals surface area contributed by atoms with Gasteiger partial charge in [0, 0.05) is 28.1 Å². The molecular formula is C14H10ClNO2S. The monoisotopic (exact) mass is 291 g/mol. The van der Waals surface area contributed by atoms with Crippen LogP contribution in [0.1, 0.15) is 20.7 Å². The van der Waals surface area contributed by atoms with Crippen molar-refractivity contribution >= 4 is 34.6 Å². The fourth-order valence-corrected chi connectivity index (χ4v) is 2.15. The minimum atomic E-state index is -0.305. The van der Waals surface area contributed by atoms with Gasteiger partial charge >= 0.3 is 0 Å². The number of nitrogens with one attached hydrogen (secondary N) is 1. The molecule has 0 atom stereocenters. The number of hydrogen-bond acceptors (Lipinski definition) is 3. The minimum Gasteiger partial charge on any atom is -0.289 e. The van der Waals surface area contributed by atoms with Crippen molar-refractivity contribution in [1.29, 1.82) is 0 Å². The van der Waals surface area contributed by atoms with E-state index in [2.05, 4.69) is 4.72 Å². The van der Waals surface area contributed by atoms with Crippen LogP contribution in [0.3, 0.4) is 0 Å². The smallest absolute Gasteiger partial charge is 0.261 e. The number of carbonyl (C=O) groups is 2. The van der Waals surface area contributed by atoms with Gasteiger partial charge in [-0.05, 0) is 24.3 Å². The summed E-state index contributed by atoms with van der Waals surface area (Å²) in [4.78, 5) is 23.6. The van der Waals surface area contributed by atoms with E-state index in [9.17, 15) is 9.59 Å². The van der Waals surface area contributed by atoms with Crippen molar-refractivity contribution in [2.75, 3.05) is 0 Å². The molecular weight excluding hydrogens is 282 g/mol. The first-order chi connectivity index (χ1) is 9.16. The Morgan fingerprint density at radius 1 is 0.947 bits per heavy atom. The standard InChI is InChI=1S/C14H10ClNO2S/c15-12-8-4-7-11(9-12)14(18)19-16-13(17)10-5-2-1-3-6-10/h1-9H,(H,16,17). The maximum atomic E-state index is 11.8. The molecule has 3 nitrogen and oxygen atoms in total. The van der Waals surface area contributed by atoms with Gasteiger partial charge in [-0.1, -0.05) is 41.9 Å². The lowest BCUT2D eigenvalue weighted by Crippen LogP contribution is -2.18. The van der Waals surface area contributed by atoms with Crippen molar-refractivity contribution in [2.45, 2.75) is 0 Å². The summed E-state index contributed by atoms with van der Waals surface area (Å²) in [5.74, 6) is -0.305. The van der Waals surface area contributed by atoms with Gasteiger partial charge in [0.1, 0.15) is 0 Å². The molecule has 0 aromatic heterocycles. The number of rotatable bonds is 2. The maximum Gasteiger partial charge on any atom is 0.261 e. The van der Waals surface area contributed by atoms with Crippen molar-refractivity contribution in [1.82, 2.24) is 4.72 Å². The average molecular weight is 292 g/mol. The maximum absolute atomic E-state index is 11.8. The predicted molar refractivity (Wildman–Crippen MR) is 77.3 cm³/mol. The highest BCUT2D eigenvalue weighted by molar-refractivity contribution is 8.12. The molecule has 0 unspecified atom stereocenters. The summed E-state index contributed by atoms with van der Waals surface area (Å²) in [5, 5.41) is 0.229. The van der Waals surface area contributed by atoms with Gasteiger partial charge in [-0.2, -0.15) is 0 Å². The Hall–Kier alpha value is -1.78. The summed E-state index contributed by atoms with van der Waals surface area (Å²) >= 11 is 6.54. The molecule has 0 aliphatic heterocycles. The average Bonchev–Trinajstić information content (AvgIpc) is 2.45. The van der Waals surface area contributed by atoms with Crippen molar-refractivity contribution < 1.29 is 9.59 Å². The SMILES string of the molecule is O=C(NSC(=O)c1cccc(Cl)c1)c1ccccc1. The van der Waals surface area contributed by atoms with Crippen LogP contribution < -0.4 is 4.72 Å². The fourth-order valence-electron chi connectivity index (χ4n) is 1.42. The Kier molecular flexibility index (Phi) is 4.60. The Balaban J connectivity index is 1.96. The van der Waals surface area contributed by atoms with Gasteiger partial charge in [-0.3, -0.25) is 14.3 Å². The van der Waals surface area contributed by atoms with Gasteiger partial charge in [0.2, 0.25) is 5.12 Å². The van der Waals surface area contributed by atoms with Gasteiger partial charge < -0.3 is 0 Å². The lowest BCUT2D eigenvalue weighted by atomic mass is 10.2. The molecule has 0 radical (unpaired) electrons. The molecule has 2 aromatic rings. The molecule has 0 aliphatic rings. The molecule has 0 saturated carbocycles. The number of benzene rings is 2. The molecule has 1 N–H and O–H groups in total. The first-order valence-electron chi connectivity index (χ1n) is 5.49. The van der Waals surface area contributed by atoms with Crippen molar-refractivity contribution in [2.24, 2.45) is 0 Å². The molecule has 19 heavy (non-hydrogen) atoms. The summed E-state index contributed by atoms with van der Waals surface area (Å²) in [7, 11) is 0. The van der Waals surface area contributed by atoms with E-state index in [0.717, 1.165) is 11.9 Å². The van der Waals surface area contributed by atoms with Crippen molar-refractivity contribution in [3.63, 3.8) is 0 Å². The summed E-state index contributed by atoms with van der Waals surface area (Å²) < 4.78 is 2.50. The number of halogens is 1. The first-order valence-corrected chi connectivity index (χ1v) is 6.68. The predicted octanol–water partition coefficient (Wildman–Crippen LogP) is 3.56. The van der Waals surface area contributed by atoms with Crippen LogP contribution in [-0.2, 0) is 0 Å². The van der Waals surface area contributed by atoms with Crippen LogP contribution in [-0.4, -0.2) is 11.0 Å². The minimum absolute atomic E-state index is 0.258. The van der Waals surface area contributed by atoms with Crippen LogP contribution in [0.15, 0.2) is 54.6 Å². The quantitative estimate of drug-likeness (QED) is 0.861. The van der Waals surface area contributed by atoms with Crippen LogP contribution in [0.5, 0.6) is 0 Å². The van der Waals surface area contributed by atoms with Gasteiger partial charge in [-0.25, -0.2) is 0 Å². The van der Waals surface area contributed by atoms with Crippen LogP contribution in [0.25, 0.3) is 0 Å². The molecule has 1 amide bonds. The summed E-state index contributed by atoms with van der Waals surface area (Å²) in [5.41, 5.74) is 0.958. The highest BCUT2D eigenvalue weighted by Gasteiger charge is 2.10. The van der Waals surface area contributed by atoms with E-state index in [4.69, 9.17) is 11.6 Å². The third-order valence-corrected chi connectivity index (χ3v) is 3.28. The molecule has 2 rings (SSSR count). The first kappa shape index (κ1) is 13.6. The molecule has 0 saturated heterocycles. The van der Waals surface area contributed by atoms with Crippen LogP contribution in [0.2, 0.25) is 5.02 Å². The molecule has 0 aliphatic carbocycles. The summed E-state index contributed by atoms with van der Waals surface area (Å²) in [6, 6.07) is 15.3. The lowest BCUT2D eigenvalue weighted by Gasteiger charge is -2.03. The second-order valence-electron chi connectivity index (χ2n) is 3.70. The highest BCUT2D eigenvalue weighted by Crippen LogP contribution is 2.15. The molecule has 0 bridgehead atoms. The largest absolute Gasteiger partial charge is 0.289 e.